The number of rotatable bonds is 5. The number of benzene rings is 1. The molecule has 3 atom stereocenters. The van der Waals surface area contributed by atoms with E-state index in [4.69, 9.17) is 44.5 Å². The van der Waals surface area contributed by atoms with Crippen LogP contribution in [0, 0.1) is 18.3 Å². The predicted octanol–water partition coefficient (Wildman–Crippen LogP) is 4.95. The third-order valence-electron chi connectivity index (χ3n) is 4.42. The highest BCUT2D eigenvalue weighted by Crippen LogP contribution is 2.34. The lowest BCUT2D eigenvalue weighted by molar-refractivity contribution is 0.159. The fourth-order valence-electron chi connectivity index (χ4n) is 2.78. The summed E-state index contributed by atoms with van der Waals surface area (Å²) in [5.74, 6) is 0.542. The molecule has 0 saturated carbocycles. The second kappa shape index (κ2) is 8.54. The van der Waals surface area contributed by atoms with Gasteiger partial charge in [-0.15, -0.1) is 21.8 Å². The van der Waals surface area contributed by atoms with Gasteiger partial charge < -0.3 is 14.8 Å². The third-order valence-corrected chi connectivity index (χ3v) is 5.80. The standard InChI is InChI=1S/C19H17Cl3N4O2/c1-9-15(6-4-12(8-23)16(9)22)24-17(10(2)27)19-26-25-18(28-19)11-3-5-13(20)14(21)7-11/h3-6,10,14,17,24,27H,7H2,1-2H3/t10?,14?,17-/m1/s1. The number of nitriles is 1. The Kier molecular flexibility index (Phi) is 6.31. The number of halogens is 3. The summed E-state index contributed by atoms with van der Waals surface area (Å²) < 4.78 is 5.79. The Hall–Kier alpha value is -2.04. The molecule has 0 amide bonds. The zero-order valence-corrected chi connectivity index (χ0v) is 17.3. The summed E-state index contributed by atoms with van der Waals surface area (Å²) >= 11 is 18.4. The average Bonchev–Trinajstić information content (AvgIpc) is 3.14. The molecule has 1 aliphatic rings. The minimum atomic E-state index is -0.836. The molecular formula is C19H17Cl3N4O2. The molecule has 2 N–H and O–H groups in total. The Morgan fingerprint density at radius 1 is 1.32 bits per heavy atom. The van der Waals surface area contributed by atoms with Crippen molar-refractivity contribution in [3.63, 3.8) is 0 Å². The Bertz CT molecular complexity index is 992. The van der Waals surface area contributed by atoms with Crippen molar-refractivity contribution in [1.29, 1.82) is 5.26 Å². The molecule has 2 unspecified atom stereocenters. The third kappa shape index (κ3) is 4.18. The van der Waals surface area contributed by atoms with Gasteiger partial charge in [-0.2, -0.15) is 5.26 Å². The molecule has 9 heteroatoms. The molecule has 3 rings (SSSR count). The molecule has 0 aliphatic heterocycles. The van der Waals surface area contributed by atoms with Gasteiger partial charge in [-0.05, 0) is 44.0 Å². The topological polar surface area (TPSA) is 95.0 Å². The van der Waals surface area contributed by atoms with Crippen LogP contribution in [0.2, 0.25) is 5.02 Å². The van der Waals surface area contributed by atoms with E-state index in [-0.39, 0.29) is 11.3 Å². The van der Waals surface area contributed by atoms with Crippen LogP contribution < -0.4 is 5.32 Å². The zero-order valence-electron chi connectivity index (χ0n) is 15.1. The number of hydrogen-bond acceptors (Lipinski definition) is 6. The molecule has 0 fully saturated rings. The van der Waals surface area contributed by atoms with Crippen LogP contribution in [0.5, 0.6) is 0 Å². The average molecular weight is 440 g/mol. The monoisotopic (exact) mass is 438 g/mol. The number of aromatic nitrogens is 2. The van der Waals surface area contributed by atoms with E-state index in [2.05, 4.69) is 15.5 Å². The van der Waals surface area contributed by atoms with Gasteiger partial charge in [0.2, 0.25) is 11.8 Å². The molecule has 0 spiro atoms. The van der Waals surface area contributed by atoms with Gasteiger partial charge in [0.15, 0.2) is 0 Å². The minimum Gasteiger partial charge on any atom is -0.419 e. The smallest absolute Gasteiger partial charge is 0.243 e. The second-order valence-electron chi connectivity index (χ2n) is 6.43. The Labute approximate surface area is 177 Å². The van der Waals surface area contributed by atoms with Crippen molar-refractivity contribution in [2.75, 3.05) is 5.32 Å². The van der Waals surface area contributed by atoms with Crippen LogP contribution in [0.4, 0.5) is 5.69 Å². The van der Waals surface area contributed by atoms with Gasteiger partial charge in [-0.3, -0.25) is 0 Å². The summed E-state index contributed by atoms with van der Waals surface area (Å²) in [7, 11) is 0. The van der Waals surface area contributed by atoms with E-state index < -0.39 is 12.1 Å². The van der Waals surface area contributed by atoms with Gasteiger partial charge in [-0.1, -0.05) is 29.3 Å². The summed E-state index contributed by atoms with van der Waals surface area (Å²) in [6.07, 6.45) is 3.12. The molecule has 28 heavy (non-hydrogen) atoms. The highest BCUT2D eigenvalue weighted by Gasteiger charge is 2.27. The van der Waals surface area contributed by atoms with Crippen molar-refractivity contribution < 1.29 is 9.52 Å². The maximum atomic E-state index is 10.2. The molecule has 0 radical (unpaired) electrons. The van der Waals surface area contributed by atoms with Crippen LogP contribution in [0.25, 0.3) is 5.57 Å². The van der Waals surface area contributed by atoms with E-state index in [1.54, 1.807) is 38.1 Å². The first-order valence-electron chi connectivity index (χ1n) is 8.49. The summed E-state index contributed by atoms with van der Waals surface area (Å²) in [5, 5.41) is 31.2. The van der Waals surface area contributed by atoms with Crippen molar-refractivity contribution in [3.8, 4) is 6.07 Å². The van der Waals surface area contributed by atoms with E-state index in [1.165, 1.54) is 0 Å². The summed E-state index contributed by atoms with van der Waals surface area (Å²) in [4.78, 5) is 0. The van der Waals surface area contributed by atoms with Crippen molar-refractivity contribution in [2.45, 2.75) is 37.8 Å². The molecule has 1 aromatic carbocycles. The van der Waals surface area contributed by atoms with E-state index in [1.807, 2.05) is 6.07 Å². The van der Waals surface area contributed by atoms with Crippen LogP contribution >= 0.6 is 34.8 Å². The number of anilines is 1. The number of aliphatic hydroxyl groups excluding tert-OH is 1. The van der Waals surface area contributed by atoms with Gasteiger partial charge in [0, 0.05) is 16.3 Å². The lowest BCUT2D eigenvalue weighted by Gasteiger charge is -2.21. The highest BCUT2D eigenvalue weighted by molar-refractivity contribution is 6.38. The Morgan fingerprint density at radius 2 is 2.07 bits per heavy atom. The second-order valence-corrected chi connectivity index (χ2v) is 7.78. The predicted molar refractivity (Wildman–Crippen MR) is 109 cm³/mol. The molecular weight excluding hydrogens is 423 g/mol. The van der Waals surface area contributed by atoms with Gasteiger partial charge in [-0.25, -0.2) is 0 Å². The van der Waals surface area contributed by atoms with Crippen LogP contribution in [-0.2, 0) is 0 Å². The number of nitrogens with one attached hydrogen (secondary N) is 1. The van der Waals surface area contributed by atoms with Crippen molar-refractivity contribution in [2.24, 2.45) is 0 Å². The molecule has 0 saturated heterocycles. The molecule has 0 bridgehead atoms. The van der Waals surface area contributed by atoms with Crippen molar-refractivity contribution >= 4 is 46.1 Å². The zero-order chi connectivity index (χ0) is 20.4. The van der Waals surface area contributed by atoms with E-state index in [9.17, 15) is 5.11 Å². The summed E-state index contributed by atoms with van der Waals surface area (Å²) in [6, 6.07) is 4.70. The van der Waals surface area contributed by atoms with Gasteiger partial charge in [0.25, 0.3) is 0 Å². The van der Waals surface area contributed by atoms with E-state index in [0.717, 1.165) is 5.57 Å². The number of aliphatic hydroxyl groups is 1. The lowest BCUT2D eigenvalue weighted by atomic mass is 10.0. The molecule has 6 nitrogen and oxygen atoms in total. The van der Waals surface area contributed by atoms with Crippen molar-refractivity contribution in [3.05, 3.63) is 57.2 Å². The number of hydrogen-bond donors (Lipinski definition) is 2. The van der Waals surface area contributed by atoms with Crippen molar-refractivity contribution in [1.82, 2.24) is 10.2 Å². The molecule has 1 aliphatic carbocycles. The Balaban J connectivity index is 1.88. The number of nitrogens with zero attached hydrogens (tertiary/aromatic N) is 3. The first-order valence-corrected chi connectivity index (χ1v) is 9.69. The van der Waals surface area contributed by atoms with Crippen LogP contribution in [0.3, 0.4) is 0 Å². The molecule has 1 aromatic heterocycles. The van der Waals surface area contributed by atoms with Gasteiger partial charge >= 0.3 is 0 Å². The maximum absolute atomic E-state index is 10.2. The van der Waals surface area contributed by atoms with Crippen LogP contribution in [0.15, 0.2) is 33.7 Å². The normalized spacial score (nSPS) is 18.7. The first-order chi connectivity index (χ1) is 13.3. The van der Waals surface area contributed by atoms with E-state index in [0.29, 0.717) is 39.2 Å². The SMILES string of the molecule is Cc1c(N[C@@H](c2nnc(C3=CC=C(Cl)C(Cl)C3)o2)C(C)O)ccc(C#N)c1Cl. The lowest BCUT2D eigenvalue weighted by Crippen LogP contribution is -2.23. The highest BCUT2D eigenvalue weighted by atomic mass is 35.5. The fourth-order valence-corrected chi connectivity index (χ4v) is 3.36. The minimum absolute atomic E-state index is 0.220. The number of alkyl halides is 1. The summed E-state index contributed by atoms with van der Waals surface area (Å²) in [6.45, 7) is 3.40. The van der Waals surface area contributed by atoms with Gasteiger partial charge in [0.1, 0.15) is 12.1 Å². The van der Waals surface area contributed by atoms with E-state index >= 15 is 0 Å². The first kappa shape index (κ1) is 20.7. The largest absolute Gasteiger partial charge is 0.419 e. The summed E-state index contributed by atoms with van der Waals surface area (Å²) in [5.41, 5.74) is 2.49. The molecule has 2 aromatic rings. The van der Waals surface area contributed by atoms with Crippen LogP contribution in [0.1, 0.15) is 42.3 Å². The molecule has 146 valence electrons. The maximum Gasteiger partial charge on any atom is 0.243 e. The fraction of sp³-hybridized carbons (Fsp3) is 0.316. The molecule has 1 heterocycles. The Morgan fingerprint density at radius 3 is 2.71 bits per heavy atom. The number of allylic oxidation sites excluding steroid dienone is 4. The van der Waals surface area contributed by atoms with Crippen LogP contribution in [-0.4, -0.2) is 26.8 Å². The van der Waals surface area contributed by atoms with Gasteiger partial charge in [0.05, 0.1) is 22.1 Å². The quantitative estimate of drug-likeness (QED) is 0.640.